The Hall–Kier alpha value is -3.73. The number of carbonyl (C=O) groups excluding carboxylic acids is 1. The fourth-order valence-corrected chi connectivity index (χ4v) is 2.52. The average Bonchev–Trinajstić information content (AvgIpc) is 3.15. The first kappa shape index (κ1) is 17.1. The summed E-state index contributed by atoms with van der Waals surface area (Å²) < 4.78 is 0. The standard InChI is InChI=1S/C14H12N2O.C7H7NO/c17-14-7-2-1-4-13(14)16-12-6-3-5-11-10(12)8-9-15-11;8-7(9)6-4-2-1-3-5-6/h1-9,15-17H;1-5H,(H2,8,9). The molecule has 1 aromatic heterocycles. The van der Waals surface area contributed by atoms with Crippen LogP contribution in [-0.2, 0) is 0 Å². The summed E-state index contributed by atoms with van der Waals surface area (Å²) >= 11 is 0. The second kappa shape index (κ2) is 7.90. The normalized spacial score (nSPS) is 10.0. The minimum Gasteiger partial charge on any atom is -0.506 e. The number of fused-ring (bicyclic) bond motifs is 1. The molecule has 0 atom stereocenters. The maximum absolute atomic E-state index is 10.4. The minimum absolute atomic E-state index is 0.250. The quantitative estimate of drug-likeness (QED) is 0.415. The molecule has 0 unspecified atom stereocenters. The van der Waals surface area contributed by atoms with Gasteiger partial charge in [-0.2, -0.15) is 0 Å². The Morgan fingerprint density at radius 2 is 1.54 bits per heavy atom. The Bertz CT molecular complexity index is 1010. The van der Waals surface area contributed by atoms with Gasteiger partial charge in [-0.15, -0.1) is 0 Å². The highest BCUT2D eigenvalue weighted by atomic mass is 16.3. The molecule has 5 N–H and O–H groups in total. The van der Waals surface area contributed by atoms with E-state index in [1.165, 1.54) is 0 Å². The third-order valence-corrected chi connectivity index (χ3v) is 3.83. The molecule has 0 saturated heterocycles. The van der Waals surface area contributed by atoms with Crippen LogP contribution >= 0.6 is 0 Å². The van der Waals surface area contributed by atoms with Crippen LogP contribution in [0.3, 0.4) is 0 Å². The molecule has 4 rings (SSSR count). The molecule has 0 aliphatic rings. The van der Waals surface area contributed by atoms with Crippen LogP contribution in [-0.4, -0.2) is 16.0 Å². The first-order valence-electron chi connectivity index (χ1n) is 8.11. The van der Waals surface area contributed by atoms with E-state index in [1.54, 1.807) is 36.4 Å². The molecular weight excluding hydrogens is 326 g/mol. The molecule has 130 valence electrons. The molecule has 5 heteroatoms. The largest absolute Gasteiger partial charge is 0.506 e. The van der Waals surface area contributed by atoms with Crippen molar-refractivity contribution in [2.45, 2.75) is 0 Å². The average molecular weight is 345 g/mol. The highest BCUT2D eigenvalue weighted by Gasteiger charge is 2.04. The number of phenolic OH excluding ortho intramolecular Hbond substituents is 1. The lowest BCUT2D eigenvalue weighted by Crippen LogP contribution is -2.09. The minimum atomic E-state index is -0.379. The fourth-order valence-electron chi connectivity index (χ4n) is 2.52. The first-order valence-corrected chi connectivity index (χ1v) is 8.11. The van der Waals surface area contributed by atoms with E-state index in [4.69, 9.17) is 5.73 Å². The first-order chi connectivity index (χ1) is 12.6. The Morgan fingerprint density at radius 1 is 0.846 bits per heavy atom. The lowest BCUT2D eigenvalue weighted by molar-refractivity contribution is 0.100. The Kier molecular flexibility index (Phi) is 5.19. The maximum Gasteiger partial charge on any atom is 0.248 e. The molecule has 0 radical (unpaired) electrons. The molecule has 26 heavy (non-hydrogen) atoms. The van der Waals surface area contributed by atoms with Crippen LogP contribution < -0.4 is 11.1 Å². The van der Waals surface area contributed by atoms with Gasteiger partial charge in [0.25, 0.3) is 0 Å². The number of phenols is 1. The topological polar surface area (TPSA) is 91.1 Å². The predicted octanol–water partition coefficient (Wildman–Crippen LogP) is 4.40. The Morgan fingerprint density at radius 3 is 2.23 bits per heavy atom. The van der Waals surface area contributed by atoms with Crippen LogP contribution in [0.1, 0.15) is 10.4 Å². The summed E-state index contributed by atoms with van der Waals surface area (Å²) in [5.74, 6) is -0.129. The van der Waals surface area contributed by atoms with Crippen molar-refractivity contribution >= 4 is 28.2 Å². The van der Waals surface area contributed by atoms with Gasteiger partial charge in [0.15, 0.2) is 0 Å². The zero-order valence-electron chi connectivity index (χ0n) is 14.0. The van der Waals surface area contributed by atoms with Crippen LogP contribution in [0.15, 0.2) is 85.1 Å². The van der Waals surface area contributed by atoms with E-state index in [0.29, 0.717) is 11.3 Å². The van der Waals surface area contributed by atoms with Crippen molar-refractivity contribution in [3.63, 3.8) is 0 Å². The number of anilines is 2. The number of nitrogens with one attached hydrogen (secondary N) is 2. The molecule has 1 amide bonds. The number of hydrogen-bond acceptors (Lipinski definition) is 3. The zero-order valence-corrected chi connectivity index (χ0v) is 14.0. The summed E-state index contributed by atoms with van der Waals surface area (Å²) in [4.78, 5) is 13.6. The van der Waals surface area contributed by atoms with Gasteiger partial charge in [0.05, 0.1) is 5.69 Å². The highest BCUT2D eigenvalue weighted by Crippen LogP contribution is 2.29. The van der Waals surface area contributed by atoms with Gasteiger partial charge in [-0.05, 0) is 42.5 Å². The second-order valence-electron chi connectivity index (χ2n) is 5.62. The SMILES string of the molecule is NC(=O)c1ccccc1.Oc1ccccc1Nc1cccc2[nH]ccc12. The van der Waals surface area contributed by atoms with Gasteiger partial charge in [0.1, 0.15) is 5.75 Å². The number of rotatable bonds is 3. The van der Waals surface area contributed by atoms with Crippen LogP contribution in [0.5, 0.6) is 5.75 Å². The molecule has 0 fully saturated rings. The third-order valence-electron chi connectivity index (χ3n) is 3.83. The van der Waals surface area contributed by atoms with Crippen molar-refractivity contribution in [1.29, 1.82) is 0 Å². The summed E-state index contributed by atoms with van der Waals surface area (Å²) in [5.41, 5.74) is 8.29. The molecule has 0 spiro atoms. The van der Waals surface area contributed by atoms with E-state index in [1.807, 2.05) is 48.7 Å². The number of aromatic nitrogens is 1. The molecule has 0 saturated carbocycles. The van der Waals surface area contributed by atoms with Gasteiger partial charge >= 0.3 is 0 Å². The molecule has 0 bridgehead atoms. The summed E-state index contributed by atoms with van der Waals surface area (Å²) in [6.45, 7) is 0. The number of H-pyrrole nitrogens is 1. The lowest BCUT2D eigenvalue weighted by atomic mass is 10.2. The second-order valence-corrected chi connectivity index (χ2v) is 5.62. The van der Waals surface area contributed by atoms with Gasteiger partial charge in [-0.3, -0.25) is 4.79 Å². The smallest absolute Gasteiger partial charge is 0.248 e. The molecule has 0 aliphatic heterocycles. The third kappa shape index (κ3) is 4.02. The summed E-state index contributed by atoms with van der Waals surface area (Å²) in [7, 11) is 0. The Balaban J connectivity index is 0.000000185. The molecule has 3 aromatic carbocycles. The number of hydrogen-bond donors (Lipinski definition) is 4. The van der Waals surface area contributed by atoms with Gasteiger partial charge in [0.2, 0.25) is 5.91 Å². The summed E-state index contributed by atoms with van der Waals surface area (Å²) in [6.07, 6.45) is 1.90. The number of carbonyl (C=O) groups is 1. The van der Waals surface area contributed by atoms with Gasteiger partial charge in [-0.25, -0.2) is 0 Å². The summed E-state index contributed by atoms with van der Waals surface area (Å²) in [6, 6.07) is 24.0. The van der Waals surface area contributed by atoms with Crippen molar-refractivity contribution in [3.05, 3.63) is 90.6 Å². The number of aromatic amines is 1. The predicted molar refractivity (Wildman–Crippen MR) is 105 cm³/mol. The molecular formula is C21H19N3O2. The van der Waals surface area contributed by atoms with E-state index in [2.05, 4.69) is 10.3 Å². The van der Waals surface area contributed by atoms with Crippen molar-refractivity contribution in [2.75, 3.05) is 5.32 Å². The zero-order chi connectivity index (χ0) is 18.4. The number of primary amides is 1. The molecule has 0 aliphatic carbocycles. The van der Waals surface area contributed by atoms with E-state index in [0.717, 1.165) is 16.6 Å². The van der Waals surface area contributed by atoms with Gasteiger partial charge in [-0.1, -0.05) is 36.4 Å². The van der Waals surface area contributed by atoms with Crippen molar-refractivity contribution < 1.29 is 9.90 Å². The van der Waals surface area contributed by atoms with Gasteiger partial charge in [0, 0.05) is 28.4 Å². The summed E-state index contributed by atoms with van der Waals surface area (Å²) in [5, 5.41) is 14.1. The molecule has 1 heterocycles. The molecule has 4 aromatic rings. The van der Waals surface area contributed by atoms with Crippen molar-refractivity contribution in [1.82, 2.24) is 4.98 Å². The lowest BCUT2D eigenvalue weighted by Gasteiger charge is -2.09. The number of benzene rings is 3. The van der Waals surface area contributed by atoms with Crippen molar-refractivity contribution in [2.24, 2.45) is 5.73 Å². The van der Waals surface area contributed by atoms with E-state index < -0.39 is 0 Å². The van der Waals surface area contributed by atoms with E-state index in [-0.39, 0.29) is 11.7 Å². The number of amides is 1. The van der Waals surface area contributed by atoms with Crippen LogP contribution in [0.2, 0.25) is 0 Å². The fraction of sp³-hybridized carbons (Fsp3) is 0. The molecule has 5 nitrogen and oxygen atoms in total. The van der Waals surface area contributed by atoms with Crippen LogP contribution in [0, 0.1) is 0 Å². The van der Waals surface area contributed by atoms with Gasteiger partial charge < -0.3 is 21.1 Å². The Labute approximate surface area is 151 Å². The van der Waals surface area contributed by atoms with E-state index in [9.17, 15) is 9.90 Å². The van der Waals surface area contributed by atoms with Crippen LogP contribution in [0.25, 0.3) is 10.9 Å². The number of aromatic hydroxyl groups is 1. The van der Waals surface area contributed by atoms with Crippen LogP contribution in [0.4, 0.5) is 11.4 Å². The number of para-hydroxylation sites is 2. The highest BCUT2D eigenvalue weighted by molar-refractivity contribution is 5.94. The number of nitrogens with two attached hydrogens (primary N) is 1. The maximum atomic E-state index is 10.4. The monoisotopic (exact) mass is 345 g/mol. The van der Waals surface area contributed by atoms with E-state index >= 15 is 0 Å². The van der Waals surface area contributed by atoms with Crippen molar-refractivity contribution in [3.8, 4) is 5.75 Å².